The molecule has 0 aliphatic carbocycles. The molecule has 0 spiro atoms. The van der Waals surface area contributed by atoms with Crippen LogP contribution in [0.5, 0.6) is 0 Å². The number of amides is 1. The lowest BCUT2D eigenvalue weighted by Gasteiger charge is -2.06. The molecule has 0 aliphatic heterocycles. The zero-order valence-corrected chi connectivity index (χ0v) is 12.3. The summed E-state index contributed by atoms with van der Waals surface area (Å²) in [6.45, 7) is 2.13. The van der Waals surface area contributed by atoms with Crippen LogP contribution in [-0.4, -0.2) is 5.91 Å². The van der Waals surface area contributed by atoms with Crippen LogP contribution in [0.15, 0.2) is 48.5 Å². The van der Waals surface area contributed by atoms with Gasteiger partial charge in [-0.15, -0.1) is 0 Å². The molecule has 0 aliphatic rings. The molecule has 0 aromatic heterocycles. The number of carbonyl (C=O) groups is 1. The van der Waals surface area contributed by atoms with Crippen molar-refractivity contribution in [2.24, 2.45) is 0 Å². The third kappa shape index (κ3) is 4.39. The van der Waals surface area contributed by atoms with Crippen LogP contribution >= 0.6 is 11.6 Å². The first-order chi connectivity index (χ1) is 9.67. The summed E-state index contributed by atoms with van der Waals surface area (Å²) in [5.74, 6) is 0.00633. The lowest BCUT2D eigenvalue weighted by molar-refractivity contribution is -0.116. The summed E-state index contributed by atoms with van der Waals surface area (Å²) in [4.78, 5) is 11.9. The van der Waals surface area contributed by atoms with Crippen LogP contribution in [0.2, 0.25) is 5.02 Å². The lowest BCUT2D eigenvalue weighted by Crippen LogP contribution is -2.12. The molecule has 2 nitrogen and oxygen atoms in total. The summed E-state index contributed by atoms with van der Waals surface area (Å²) < 4.78 is 0. The minimum atomic E-state index is 0.00633. The summed E-state index contributed by atoms with van der Waals surface area (Å²) in [6.07, 6.45) is 2.25. The molecule has 0 saturated carbocycles. The Bertz CT molecular complexity index is 578. The van der Waals surface area contributed by atoms with E-state index in [2.05, 4.69) is 36.5 Å². The van der Waals surface area contributed by atoms with Crippen molar-refractivity contribution < 1.29 is 4.79 Å². The molecule has 0 heterocycles. The second-order valence-electron chi connectivity index (χ2n) is 4.73. The van der Waals surface area contributed by atoms with Crippen molar-refractivity contribution in [3.8, 4) is 0 Å². The van der Waals surface area contributed by atoms with E-state index in [1.807, 2.05) is 12.1 Å². The van der Waals surface area contributed by atoms with Gasteiger partial charge in [0.15, 0.2) is 0 Å². The molecule has 0 radical (unpaired) electrons. The van der Waals surface area contributed by atoms with Crippen LogP contribution in [0.25, 0.3) is 0 Å². The Balaban J connectivity index is 1.85. The van der Waals surface area contributed by atoms with Crippen molar-refractivity contribution in [3.63, 3.8) is 0 Å². The second kappa shape index (κ2) is 7.11. The Hall–Kier alpha value is -1.80. The third-order valence-electron chi connectivity index (χ3n) is 3.18. The maximum Gasteiger partial charge on any atom is 0.224 e. The highest BCUT2D eigenvalue weighted by molar-refractivity contribution is 6.30. The smallest absolute Gasteiger partial charge is 0.224 e. The highest BCUT2D eigenvalue weighted by atomic mass is 35.5. The van der Waals surface area contributed by atoms with E-state index < -0.39 is 0 Å². The molecule has 0 unspecified atom stereocenters. The van der Waals surface area contributed by atoms with Crippen molar-refractivity contribution >= 4 is 23.2 Å². The van der Waals surface area contributed by atoms with Crippen molar-refractivity contribution in [1.29, 1.82) is 0 Å². The molecule has 104 valence electrons. The molecule has 3 heteroatoms. The summed E-state index contributed by atoms with van der Waals surface area (Å²) in [7, 11) is 0. The lowest BCUT2D eigenvalue weighted by atomic mass is 10.1. The summed E-state index contributed by atoms with van der Waals surface area (Å²) in [5.41, 5.74) is 3.24. The number of hydrogen-bond donors (Lipinski definition) is 1. The van der Waals surface area contributed by atoms with E-state index in [9.17, 15) is 4.79 Å². The van der Waals surface area contributed by atoms with Gasteiger partial charge in [-0.1, -0.05) is 48.9 Å². The van der Waals surface area contributed by atoms with Crippen LogP contribution in [0, 0.1) is 0 Å². The van der Waals surface area contributed by atoms with E-state index in [4.69, 9.17) is 11.6 Å². The molecule has 1 amide bonds. The highest BCUT2D eigenvalue weighted by Crippen LogP contribution is 2.15. The van der Waals surface area contributed by atoms with Crippen molar-refractivity contribution in [2.45, 2.75) is 26.2 Å². The molecule has 2 rings (SSSR count). The third-order valence-corrected chi connectivity index (χ3v) is 3.42. The fourth-order valence-corrected chi connectivity index (χ4v) is 2.18. The van der Waals surface area contributed by atoms with Gasteiger partial charge >= 0.3 is 0 Å². The van der Waals surface area contributed by atoms with E-state index in [1.54, 1.807) is 12.1 Å². The average Bonchev–Trinajstić information content (AvgIpc) is 2.46. The van der Waals surface area contributed by atoms with Gasteiger partial charge in [0.05, 0.1) is 0 Å². The molecule has 0 bridgehead atoms. The van der Waals surface area contributed by atoms with Gasteiger partial charge in [-0.2, -0.15) is 0 Å². The molecule has 2 aromatic carbocycles. The zero-order chi connectivity index (χ0) is 14.4. The number of halogens is 1. The number of hydrogen-bond acceptors (Lipinski definition) is 1. The molecule has 1 N–H and O–H groups in total. The minimum Gasteiger partial charge on any atom is -0.326 e. The number of nitrogens with one attached hydrogen (secondary N) is 1. The summed E-state index contributed by atoms with van der Waals surface area (Å²) in [6, 6.07) is 15.6. The van der Waals surface area contributed by atoms with E-state index in [-0.39, 0.29) is 5.91 Å². The van der Waals surface area contributed by atoms with Crippen LogP contribution in [0.3, 0.4) is 0 Å². The highest BCUT2D eigenvalue weighted by Gasteiger charge is 2.03. The van der Waals surface area contributed by atoms with Crippen LogP contribution < -0.4 is 5.32 Å². The quantitative estimate of drug-likeness (QED) is 0.863. The SMILES string of the molecule is CCc1ccc(CCC(=O)Nc2cccc(Cl)c2)cc1. The number of aryl methyl sites for hydroxylation is 2. The largest absolute Gasteiger partial charge is 0.326 e. The van der Waals surface area contributed by atoms with E-state index in [0.717, 1.165) is 18.5 Å². The van der Waals surface area contributed by atoms with Gasteiger partial charge in [0, 0.05) is 17.1 Å². The average molecular weight is 288 g/mol. The second-order valence-corrected chi connectivity index (χ2v) is 5.17. The van der Waals surface area contributed by atoms with Crippen molar-refractivity contribution in [1.82, 2.24) is 0 Å². The van der Waals surface area contributed by atoms with Gasteiger partial charge in [-0.3, -0.25) is 4.79 Å². The summed E-state index contributed by atoms with van der Waals surface area (Å²) >= 11 is 5.88. The Kier molecular flexibility index (Phi) is 5.19. The number of benzene rings is 2. The van der Waals surface area contributed by atoms with Crippen LogP contribution in [-0.2, 0) is 17.6 Å². The van der Waals surface area contributed by atoms with Gasteiger partial charge < -0.3 is 5.32 Å². The first-order valence-corrected chi connectivity index (χ1v) is 7.18. The Labute approximate surface area is 124 Å². The zero-order valence-electron chi connectivity index (χ0n) is 11.5. The summed E-state index contributed by atoms with van der Waals surface area (Å²) in [5, 5.41) is 3.48. The van der Waals surface area contributed by atoms with Crippen molar-refractivity contribution in [2.75, 3.05) is 5.32 Å². The normalized spacial score (nSPS) is 10.3. The topological polar surface area (TPSA) is 29.1 Å². The molecule has 0 atom stereocenters. The van der Waals surface area contributed by atoms with Gasteiger partial charge in [-0.05, 0) is 42.2 Å². The first-order valence-electron chi connectivity index (χ1n) is 6.80. The Morgan fingerprint density at radius 3 is 2.45 bits per heavy atom. The van der Waals surface area contributed by atoms with E-state index in [1.165, 1.54) is 11.1 Å². The monoisotopic (exact) mass is 287 g/mol. The van der Waals surface area contributed by atoms with Crippen LogP contribution in [0.4, 0.5) is 5.69 Å². The van der Waals surface area contributed by atoms with Gasteiger partial charge in [0.25, 0.3) is 0 Å². The maximum absolute atomic E-state index is 11.9. The predicted molar refractivity (Wildman–Crippen MR) is 84.2 cm³/mol. The number of rotatable bonds is 5. The fourth-order valence-electron chi connectivity index (χ4n) is 1.99. The fraction of sp³-hybridized carbons (Fsp3) is 0.235. The Morgan fingerprint density at radius 2 is 1.80 bits per heavy atom. The Morgan fingerprint density at radius 1 is 1.10 bits per heavy atom. The standard InChI is InChI=1S/C17H18ClNO/c1-2-13-6-8-14(9-7-13)10-11-17(20)19-16-5-3-4-15(18)12-16/h3-9,12H,2,10-11H2,1H3,(H,19,20). The number of anilines is 1. The van der Waals surface area contributed by atoms with Gasteiger partial charge in [-0.25, -0.2) is 0 Å². The van der Waals surface area contributed by atoms with Crippen molar-refractivity contribution in [3.05, 3.63) is 64.7 Å². The maximum atomic E-state index is 11.9. The number of carbonyl (C=O) groups excluding carboxylic acids is 1. The molecule has 0 fully saturated rings. The molecular formula is C17H18ClNO. The minimum absolute atomic E-state index is 0.00633. The predicted octanol–water partition coefficient (Wildman–Crippen LogP) is 4.47. The van der Waals surface area contributed by atoms with Crippen LogP contribution in [0.1, 0.15) is 24.5 Å². The van der Waals surface area contributed by atoms with E-state index in [0.29, 0.717) is 11.4 Å². The van der Waals surface area contributed by atoms with Gasteiger partial charge in [0.2, 0.25) is 5.91 Å². The first kappa shape index (κ1) is 14.6. The van der Waals surface area contributed by atoms with Gasteiger partial charge in [0.1, 0.15) is 0 Å². The van der Waals surface area contributed by atoms with E-state index >= 15 is 0 Å². The molecule has 20 heavy (non-hydrogen) atoms. The molecular weight excluding hydrogens is 270 g/mol. The molecule has 0 saturated heterocycles. The molecule has 2 aromatic rings.